The number of aliphatic hydroxyl groups excluding tert-OH is 1. The highest BCUT2D eigenvalue weighted by atomic mass is 32.2. The van der Waals surface area contributed by atoms with E-state index < -0.39 is 5.97 Å². The molecule has 5 nitrogen and oxygen atoms in total. The maximum atomic E-state index is 12.5. The Labute approximate surface area is 168 Å². The molecule has 0 saturated heterocycles. The summed E-state index contributed by atoms with van der Waals surface area (Å²) in [6.07, 6.45) is 2.57. The molecule has 1 aliphatic rings. The predicted octanol–water partition coefficient (Wildman–Crippen LogP) is 5.15. The van der Waals surface area contributed by atoms with Gasteiger partial charge in [-0.3, -0.25) is 4.98 Å². The SMILES string of the molecule is CCOC(=O)C1=C(O)/C(=C\c2cccc(C)n2)SC1=Nc1ccccc1CC. The summed E-state index contributed by atoms with van der Waals surface area (Å²) in [6, 6.07) is 13.4. The maximum absolute atomic E-state index is 12.5. The normalized spacial score (nSPS) is 16.8. The summed E-state index contributed by atoms with van der Waals surface area (Å²) in [4.78, 5) is 22.1. The number of nitrogens with zero attached hydrogens (tertiary/aromatic N) is 2. The summed E-state index contributed by atoms with van der Waals surface area (Å²) in [5.74, 6) is -0.708. The number of aliphatic imine (C=N–C) groups is 1. The van der Waals surface area contributed by atoms with Gasteiger partial charge in [-0.2, -0.15) is 0 Å². The smallest absolute Gasteiger partial charge is 0.344 e. The fourth-order valence-corrected chi connectivity index (χ4v) is 3.81. The van der Waals surface area contributed by atoms with Crippen molar-refractivity contribution in [3.05, 3.63) is 75.7 Å². The molecule has 6 heteroatoms. The first-order chi connectivity index (χ1) is 13.5. The second-order valence-corrected chi connectivity index (χ2v) is 7.19. The highest BCUT2D eigenvalue weighted by molar-refractivity contribution is 8.18. The Kier molecular flexibility index (Phi) is 6.31. The van der Waals surface area contributed by atoms with E-state index >= 15 is 0 Å². The number of hydrogen-bond donors (Lipinski definition) is 1. The van der Waals surface area contributed by atoms with Crippen LogP contribution in [0, 0.1) is 6.92 Å². The van der Waals surface area contributed by atoms with Gasteiger partial charge in [0.05, 0.1) is 22.9 Å². The average Bonchev–Trinajstić information content (AvgIpc) is 2.97. The zero-order valence-electron chi connectivity index (χ0n) is 16.1. The lowest BCUT2D eigenvalue weighted by molar-refractivity contribution is -0.138. The van der Waals surface area contributed by atoms with Crippen molar-refractivity contribution in [1.82, 2.24) is 4.98 Å². The van der Waals surface area contributed by atoms with Gasteiger partial charge in [0.15, 0.2) is 0 Å². The molecule has 0 unspecified atom stereocenters. The van der Waals surface area contributed by atoms with Crippen LogP contribution < -0.4 is 0 Å². The molecule has 0 fully saturated rings. The monoisotopic (exact) mass is 394 g/mol. The Morgan fingerprint density at radius 3 is 2.71 bits per heavy atom. The lowest BCUT2D eigenvalue weighted by Gasteiger charge is -2.06. The topological polar surface area (TPSA) is 71.8 Å². The molecule has 3 rings (SSSR count). The van der Waals surface area contributed by atoms with Gasteiger partial charge < -0.3 is 9.84 Å². The van der Waals surface area contributed by atoms with E-state index in [0.29, 0.717) is 15.6 Å². The van der Waals surface area contributed by atoms with Crippen molar-refractivity contribution in [3.8, 4) is 0 Å². The summed E-state index contributed by atoms with van der Waals surface area (Å²) in [5.41, 5.74) is 3.51. The van der Waals surface area contributed by atoms with Crippen molar-refractivity contribution >= 4 is 34.5 Å². The summed E-state index contributed by atoms with van der Waals surface area (Å²) in [7, 11) is 0. The van der Waals surface area contributed by atoms with E-state index in [4.69, 9.17) is 4.74 Å². The van der Waals surface area contributed by atoms with Crippen molar-refractivity contribution in [2.24, 2.45) is 4.99 Å². The Hall–Kier alpha value is -2.86. The van der Waals surface area contributed by atoms with Gasteiger partial charge in [0, 0.05) is 5.69 Å². The number of ether oxygens (including phenoxy) is 1. The number of carbonyl (C=O) groups excluding carboxylic acids is 1. The van der Waals surface area contributed by atoms with E-state index in [2.05, 4.69) is 16.9 Å². The zero-order chi connectivity index (χ0) is 20.1. The number of pyridine rings is 1. The van der Waals surface area contributed by atoms with Crippen LogP contribution in [0.3, 0.4) is 0 Å². The molecule has 1 N–H and O–H groups in total. The molecular weight excluding hydrogens is 372 g/mol. The van der Waals surface area contributed by atoms with Gasteiger partial charge in [-0.25, -0.2) is 9.79 Å². The third-order valence-electron chi connectivity index (χ3n) is 4.15. The number of aromatic nitrogens is 1. The number of carbonyl (C=O) groups is 1. The summed E-state index contributed by atoms with van der Waals surface area (Å²) < 4.78 is 5.14. The van der Waals surface area contributed by atoms with Gasteiger partial charge in [-0.05, 0) is 50.1 Å². The molecular formula is C22H22N2O3S. The fourth-order valence-electron chi connectivity index (χ4n) is 2.80. The van der Waals surface area contributed by atoms with Gasteiger partial charge in [0.25, 0.3) is 0 Å². The predicted molar refractivity (Wildman–Crippen MR) is 114 cm³/mol. The molecule has 0 saturated carbocycles. The molecule has 1 aromatic carbocycles. The molecule has 0 aliphatic carbocycles. The molecule has 0 bridgehead atoms. The van der Waals surface area contributed by atoms with Crippen molar-refractivity contribution in [1.29, 1.82) is 0 Å². The number of aryl methyl sites for hydroxylation is 2. The van der Waals surface area contributed by atoms with E-state index in [9.17, 15) is 9.90 Å². The lowest BCUT2D eigenvalue weighted by atomic mass is 10.1. The third kappa shape index (κ3) is 4.34. The van der Waals surface area contributed by atoms with Gasteiger partial charge in [0.2, 0.25) is 0 Å². The van der Waals surface area contributed by atoms with Crippen LogP contribution in [0.2, 0.25) is 0 Å². The van der Waals surface area contributed by atoms with Gasteiger partial charge in [0.1, 0.15) is 16.4 Å². The zero-order valence-corrected chi connectivity index (χ0v) is 16.9. The highest BCUT2D eigenvalue weighted by Crippen LogP contribution is 2.40. The third-order valence-corrected chi connectivity index (χ3v) is 5.17. The lowest BCUT2D eigenvalue weighted by Crippen LogP contribution is -2.13. The molecule has 1 aromatic heterocycles. The second kappa shape index (κ2) is 8.89. The van der Waals surface area contributed by atoms with Crippen LogP contribution in [0.1, 0.15) is 30.8 Å². The van der Waals surface area contributed by atoms with Gasteiger partial charge in [-0.15, -0.1) is 0 Å². The summed E-state index contributed by atoms with van der Waals surface area (Å²) in [5, 5.41) is 11.2. The average molecular weight is 394 g/mol. The number of hydrogen-bond acceptors (Lipinski definition) is 6. The molecule has 28 heavy (non-hydrogen) atoms. The number of esters is 1. The molecule has 1 aliphatic heterocycles. The first-order valence-electron chi connectivity index (χ1n) is 9.14. The Balaban J connectivity index is 2.07. The number of rotatable bonds is 5. The van der Waals surface area contributed by atoms with E-state index in [1.807, 2.05) is 49.4 Å². The quantitative estimate of drug-likeness (QED) is 0.711. The molecule has 0 atom stereocenters. The standard InChI is InChI=1S/C22H22N2O3S/c1-4-15-10-6-7-12-17(15)24-21-19(22(26)27-5-2)20(25)18(28-21)13-16-11-8-9-14(3)23-16/h6-13,25H,4-5H2,1-3H3/b18-13+,24-21?. The van der Waals surface area contributed by atoms with Crippen molar-refractivity contribution in [3.63, 3.8) is 0 Å². The molecule has 144 valence electrons. The van der Waals surface area contributed by atoms with Crippen molar-refractivity contribution < 1.29 is 14.6 Å². The largest absolute Gasteiger partial charge is 0.506 e. The van der Waals surface area contributed by atoms with E-state index in [1.54, 1.807) is 13.0 Å². The van der Waals surface area contributed by atoms with E-state index in [0.717, 1.165) is 23.4 Å². The Morgan fingerprint density at radius 2 is 2.00 bits per heavy atom. The molecule has 0 radical (unpaired) electrons. The van der Waals surface area contributed by atoms with Crippen LogP contribution in [0.5, 0.6) is 0 Å². The Morgan fingerprint density at radius 1 is 1.21 bits per heavy atom. The van der Waals surface area contributed by atoms with Crippen molar-refractivity contribution in [2.75, 3.05) is 6.61 Å². The van der Waals surface area contributed by atoms with E-state index in [1.165, 1.54) is 11.8 Å². The highest BCUT2D eigenvalue weighted by Gasteiger charge is 2.33. The maximum Gasteiger partial charge on any atom is 0.344 e. The number of para-hydroxylation sites is 1. The van der Waals surface area contributed by atoms with Crippen LogP contribution in [0.15, 0.2) is 63.7 Å². The fraction of sp³-hybridized carbons (Fsp3) is 0.227. The van der Waals surface area contributed by atoms with Crippen LogP contribution in [-0.4, -0.2) is 27.7 Å². The number of aliphatic hydroxyl groups is 1. The number of benzene rings is 1. The molecule has 2 heterocycles. The summed E-state index contributed by atoms with van der Waals surface area (Å²) in [6.45, 7) is 5.90. The van der Waals surface area contributed by atoms with E-state index in [-0.39, 0.29) is 17.9 Å². The van der Waals surface area contributed by atoms with Gasteiger partial charge in [-0.1, -0.05) is 43.0 Å². The van der Waals surface area contributed by atoms with Gasteiger partial charge >= 0.3 is 5.97 Å². The van der Waals surface area contributed by atoms with Crippen LogP contribution in [-0.2, 0) is 16.0 Å². The minimum atomic E-state index is -0.583. The first-order valence-corrected chi connectivity index (χ1v) is 9.96. The second-order valence-electron chi connectivity index (χ2n) is 6.16. The van der Waals surface area contributed by atoms with Crippen LogP contribution in [0.25, 0.3) is 6.08 Å². The van der Waals surface area contributed by atoms with Crippen molar-refractivity contribution in [2.45, 2.75) is 27.2 Å². The minimum absolute atomic E-state index is 0.0941. The summed E-state index contributed by atoms with van der Waals surface area (Å²) >= 11 is 1.24. The minimum Gasteiger partial charge on any atom is -0.506 e. The number of thioether (sulfide) groups is 1. The molecule has 2 aromatic rings. The Bertz CT molecular complexity index is 993. The van der Waals surface area contributed by atoms with Crippen LogP contribution in [0.4, 0.5) is 5.69 Å². The molecule has 0 amide bonds. The van der Waals surface area contributed by atoms with Crippen LogP contribution >= 0.6 is 11.8 Å². The molecule has 0 spiro atoms. The first kappa shape index (κ1) is 19.9.